The zero-order valence-electron chi connectivity index (χ0n) is 15.1. The number of thioether (sulfide) groups is 1. The predicted octanol–water partition coefficient (Wildman–Crippen LogP) is 4.60. The molecule has 0 unspecified atom stereocenters. The first-order valence-corrected chi connectivity index (χ1v) is 9.57. The fourth-order valence-corrected chi connectivity index (χ4v) is 3.26. The molecule has 3 rings (SSSR count). The molecule has 5 nitrogen and oxygen atoms in total. The van der Waals surface area contributed by atoms with Gasteiger partial charge in [0.2, 0.25) is 0 Å². The topological polar surface area (TPSA) is 64.6 Å². The molecule has 0 spiro atoms. The van der Waals surface area contributed by atoms with Crippen LogP contribution in [0, 0.1) is 6.92 Å². The average Bonchev–Trinajstić information content (AvgIpc) is 2.99. The standard InChI is InChI=1S/C21H21NO4S/c1-15-13-17(26-14-16-7-3-2-4-8-16)10-11-18(15)25-12-6-5-9-19-20(23)22-21(24)27-19/h2-4,7-11,13H,5-6,12,14H2,1H3,(H,22,23,24). The summed E-state index contributed by atoms with van der Waals surface area (Å²) in [6, 6.07) is 15.8. The zero-order valence-corrected chi connectivity index (χ0v) is 15.9. The van der Waals surface area contributed by atoms with Crippen LogP contribution >= 0.6 is 11.8 Å². The van der Waals surface area contributed by atoms with Gasteiger partial charge in [0.25, 0.3) is 11.1 Å². The van der Waals surface area contributed by atoms with E-state index in [-0.39, 0.29) is 11.1 Å². The van der Waals surface area contributed by atoms with Crippen molar-refractivity contribution in [3.8, 4) is 11.5 Å². The van der Waals surface area contributed by atoms with Crippen molar-refractivity contribution in [1.29, 1.82) is 0 Å². The van der Waals surface area contributed by atoms with Crippen LogP contribution in [0.4, 0.5) is 4.79 Å². The molecule has 1 saturated heterocycles. The minimum Gasteiger partial charge on any atom is -0.493 e. The Morgan fingerprint density at radius 2 is 1.89 bits per heavy atom. The SMILES string of the molecule is Cc1cc(OCc2ccccc2)ccc1OCCCC=C1SC(=O)NC1=O. The summed E-state index contributed by atoms with van der Waals surface area (Å²) in [5.41, 5.74) is 2.13. The van der Waals surface area contributed by atoms with Gasteiger partial charge in [-0.2, -0.15) is 0 Å². The highest BCUT2D eigenvalue weighted by molar-refractivity contribution is 8.18. The van der Waals surface area contributed by atoms with Crippen molar-refractivity contribution >= 4 is 22.9 Å². The molecular formula is C21H21NO4S. The molecule has 0 radical (unpaired) electrons. The first kappa shape index (κ1) is 19.0. The number of rotatable bonds is 8. The maximum atomic E-state index is 11.4. The summed E-state index contributed by atoms with van der Waals surface area (Å²) in [5, 5.41) is 1.93. The highest BCUT2D eigenvalue weighted by atomic mass is 32.2. The quantitative estimate of drug-likeness (QED) is 0.533. The third-order valence-corrected chi connectivity index (χ3v) is 4.83. The van der Waals surface area contributed by atoms with Gasteiger partial charge >= 0.3 is 0 Å². The van der Waals surface area contributed by atoms with Gasteiger partial charge in [-0.15, -0.1) is 0 Å². The second kappa shape index (κ2) is 9.28. The third-order valence-electron chi connectivity index (χ3n) is 3.97. The van der Waals surface area contributed by atoms with E-state index < -0.39 is 0 Å². The fraction of sp³-hybridized carbons (Fsp3) is 0.238. The lowest BCUT2D eigenvalue weighted by molar-refractivity contribution is -0.115. The molecule has 0 aromatic heterocycles. The molecule has 1 aliphatic rings. The maximum Gasteiger partial charge on any atom is 0.290 e. The average molecular weight is 383 g/mol. The Labute approximate surface area is 162 Å². The van der Waals surface area contributed by atoms with Crippen LogP contribution in [0.2, 0.25) is 0 Å². The number of imide groups is 1. The normalized spacial score (nSPS) is 15.1. The minimum absolute atomic E-state index is 0.312. The Kier molecular flexibility index (Phi) is 6.54. The molecule has 0 bridgehead atoms. The van der Waals surface area contributed by atoms with Gasteiger partial charge in [0, 0.05) is 0 Å². The number of aryl methyl sites for hydroxylation is 1. The Bertz CT molecular complexity index is 849. The summed E-state index contributed by atoms with van der Waals surface area (Å²) < 4.78 is 11.6. The lowest BCUT2D eigenvalue weighted by atomic mass is 10.2. The highest BCUT2D eigenvalue weighted by Crippen LogP contribution is 2.25. The van der Waals surface area contributed by atoms with Gasteiger partial charge in [0.1, 0.15) is 18.1 Å². The van der Waals surface area contributed by atoms with E-state index in [4.69, 9.17) is 9.47 Å². The molecule has 1 N–H and O–H groups in total. The van der Waals surface area contributed by atoms with Crippen LogP contribution < -0.4 is 14.8 Å². The number of carbonyl (C=O) groups is 2. The van der Waals surface area contributed by atoms with Crippen molar-refractivity contribution in [1.82, 2.24) is 5.32 Å². The summed E-state index contributed by atoms with van der Waals surface area (Å²) in [7, 11) is 0. The minimum atomic E-state index is -0.312. The number of unbranched alkanes of at least 4 members (excludes halogenated alkanes) is 1. The molecule has 6 heteroatoms. The Morgan fingerprint density at radius 1 is 1.07 bits per heavy atom. The van der Waals surface area contributed by atoms with Crippen LogP contribution in [0.3, 0.4) is 0 Å². The summed E-state index contributed by atoms with van der Waals surface area (Å²) in [6.45, 7) is 3.05. The van der Waals surface area contributed by atoms with Crippen LogP contribution in [0.5, 0.6) is 11.5 Å². The first-order chi connectivity index (χ1) is 13.1. The van der Waals surface area contributed by atoms with E-state index in [2.05, 4.69) is 5.32 Å². The molecule has 0 aliphatic carbocycles. The van der Waals surface area contributed by atoms with Crippen LogP contribution in [0.1, 0.15) is 24.0 Å². The van der Waals surface area contributed by atoms with E-state index in [0.717, 1.165) is 40.8 Å². The second-order valence-electron chi connectivity index (χ2n) is 6.10. The monoisotopic (exact) mass is 383 g/mol. The second-order valence-corrected chi connectivity index (χ2v) is 7.12. The first-order valence-electron chi connectivity index (χ1n) is 8.75. The summed E-state index contributed by atoms with van der Waals surface area (Å²) in [4.78, 5) is 23.0. The Balaban J connectivity index is 1.43. The number of amides is 2. The number of hydrogen-bond acceptors (Lipinski definition) is 5. The predicted molar refractivity (Wildman–Crippen MR) is 106 cm³/mol. The molecule has 1 fully saturated rings. The molecule has 0 saturated carbocycles. The van der Waals surface area contributed by atoms with Gasteiger partial charge in [-0.3, -0.25) is 14.9 Å². The van der Waals surface area contributed by atoms with Crippen molar-refractivity contribution in [2.45, 2.75) is 26.4 Å². The summed E-state index contributed by atoms with van der Waals surface area (Å²) in [5.74, 6) is 1.31. The molecule has 0 atom stereocenters. The van der Waals surface area contributed by atoms with Gasteiger partial charge in [-0.05, 0) is 60.9 Å². The van der Waals surface area contributed by atoms with Crippen molar-refractivity contribution in [2.75, 3.05) is 6.61 Å². The highest BCUT2D eigenvalue weighted by Gasteiger charge is 2.24. The van der Waals surface area contributed by atoms with Crippen molar-refractivity contribution in [2.24, 2.45) is 0 Å². The van der Waals surface area contributed by atoms with Gasteiger partial charge in [-0.1, -0.05) is 36.4 Å². The number of carbonyl (C=O) groups excluding carboxylic acids is 2. The van der Waals surface area contributed by atoms with E-state index >= 15 is 0 Å². The molecule has 2 amide bonds. The number of hydrogen-bond donors (Lipinski definition) is 1. The molecule has 1 heterocycles. The summed E-state index contributed by atoms with van der Waals surface area (Å²) in [6.07, 6.45) is 3.22. The van der Waals surface area contributed by atoms with E-state index in [1.807, 2.05) is 55.5 Å². The largest absolute Gasteiger partial charge is 0.493 e. The van der Waals surface area contributed by atoms with Crippen LogP contribution in [0.25, 0.3) is 0 Å². The maximum absolute atomic E-state index is 11.4. The molecular weight excluding hydrogens is 362 g/mol. The van der Waals surface area contributed by atoms with Gasteiger partial charge in [0.05, 0.1) is 11.5 Å². The van der Waals surface area contributed by atoms with Gasteiger partial charge in [0.15, 0.2) is 0 Å². The van der Waals surface area contributed by atoms with Crippen LogP contribution in [-0.4, -0.2) is 17.8 Å². The number of ether oxygens (including phenoxy) is 2. The number of nitrogens with one attached hydrogen (secondary N) is 1. The zero-order chi connectivity index (χ0) is 19.1. The lowest BCUT2D eigenvalue weighted by Gasteiger charge is -2.11. The van der Waals surface area contributed by atoms with Gasteiger partial charge in [-0.25, -0.2) is 0 Å². The Hall–Kier alpha value is -2.73. The van der Waals surface area contributed by atoms with Gasteiger partial charge < -0.3 is 9.47 Å². The van der Waals surface area contributed by atoms with E-state index in [9.17, 15) is 9.59 Å². The number of benzene rings is 2. The fourth-order valence-electron chi connectivity index (χ4n) is 2.57. The molecule has 2 aromatic rings. The molecule has 27 heavy (non-hydrogen) atoms. The molecule has 140 valence electrons. The van der Waals surface area contributed by atoms with Crippen LogP contribution in [0.15, 0.2) is 59.5 Å². The van der Waals surface area contributed by atoms with E-state index in [0.29, 0.717) is 24.5 Å². The third kappa shape index (κ3) is 5.62. The van der Waals surface area contributed by atoms with Crippen molar-refractivity contribution in [3.05, 3.63) is 70.6 Å². The Morgan fingerprint density at radius 3 is 2.59 bits per heavy atom. The smallest absolute Gasteiger partial charge is 0.290 e. The van der Waals surface area contributed by atoms with E-state index in [1.54, 1.807) is 6.08 Å². The van der Waals surface area contributed by atoms with Crippen molar-refractivity contribution in [3.63, 3.8) is 0 Å². The molecule has 2 aromatic carbocycles. The summed E-state index contributed by atoms with van der Waals surface area (Å²) >= 11 is 0.942. The lowest BCUT2D eigenvalue weighted by Crippen LogP contribution is -2.17. The number of allylic oxidation sites excluding steroid dienone is 1. The molecule has 1 aliphatic heterocycles. The van der Waals surface area contributed by atoms with Crippen molar-refractivity contribution < 1.29 is 19.1 Å². The van der Waals surface area contributed by atoms with Crippen LogP contribution in [-0.2, 0) is 11.4 Å². The van der Waals surface area contributed by atoms with E-state index in [1.165, 1.54) is 0 Å².